The number of rotatable bonds is 2. The fourth-order valence-electron chi connectivity index (χ4n) is 3.45. The van der Waals surface area contributed by atoms with Crippen LogP contribution in [-0.2, 0) is 13.0 Å². The van der Waals surface area contributed by atoms with E-state index in [1.165, 1.54) is 0 Å². The van der Waals surface area contributed by atoms with Crippen LogP contribution < -0.4 is 5.56 Å². The molecular weight excluding hydrogens is 334 g/mol. The highest BCUT2D eigenvalue weighted by atomic mass is 35.5. The van der Waals surface area contributed by atoms with Crippen LogP contribution in [0.25, 0.3) is 11.4 Å². The Kier molecular flexibility index (Phi) is 4.75. The molecule has 0 saturated heterocycles. The summed E-state index contributed by atoms with van der Waals surface area (Å²) < 4.78 is 2.08. The molecule has 24 heavy (non-hydrogen) atoms. The minimum atomic E-state index is -1.43. The minimum Gasteiger partial charge on any atom is -0.506 e. The molecule has 0 aromatic carbocycles. The van der Waals surface area contributed by atoms with E-state index in [1.54, 1.807) is 0 Å². The Morgan fingerprint density at radius 3 is 2.71 bits per heavy atom. The van der Waals surface area contributed by atoms with Crippen molar-refractivity contribution in [3.8, 4) is 17.1 Å². The van der Waals surface area contributed by atoms with Gasteiger partial charge >= 0.3 is 5.97 Å². The molecule has 130 valence electrons. The molecule has 0 aliphatic heterocycles. The van der Waals surface area contributed by atoms with Gasteiger partial charge in [0.2, 0.25) is 0 Å². The van der Waals surface area contributed by atoms with Gasteiger partial charge < -0.3 is 19.8 Å². The highest BCUT2D eigenvalue weighted by Gasteiger charge is 2.31. The summed E-state index contributed by atoms with van der Waals surface area (Å²) in [7, 11) is 0. The number of aromatic carboxylic acids is 1. The first-order valence-corrected chi connectivity index (χ1v) is 7.65. The number of H-pyrrole nitrogens is 1. The minimum absolute atomic E-state index is 0. The number of carboxylic acids is 1. The van der Waals surface area contributed by atoms with Gasteiger partial charge in [0.15, 0.2) is 5.56 Å². The molecule has 1 atom stereocenters. The van der Waals surface area contributed by atoms with E-state index in [1.807, 2.05) is 20.8 Å². The van der Waals surface area contributed by atoms with Crippen LogP contribution in [0, 0.1) is 6.92 Å². The molecule has 8 heteroatoms. The van der Waals surface area contributed by atoms with Crippen molar-refractivity contribution in [3.63, 3.8) is 0 Å². The zero-order valence-electron chi connectivity index (χ0n) is 13.7. The molecule has 7 nitrogen and oxygen atoms in total. The summed E-state index contributed by atoms with van der Waals surface area (Å²) in [5.41, 5.74) is 1.12. The molecule has 0 spiro atoms. The van der Waals surface area contributed by atoms with Crippen molar-refractivity contribution >= 4 is 18.4 Å². The van der Waals surface area contributed by atoms with Gasteiger partial charge in [0, 0.05) is 17.8 Å². The van der Waals surface area contributed by atoms with E-state index in [2.05, 4.69) is 14.5 Å². The van der Waals surface area contributed by atoms with Crippen LogP contribution in [0.2, 0.25) is 0 Å². The van der Waals surface area contributed by atoms with Crippen molar-refractivity contribution in [3.05, 3.63) is 33.0 Å². The number of nitrogens with one attached hydrogen (secondary N) is 1. The maximum atomic E-state index is 12.1. The van der Waals surface area contributed by atoms with Gasteiger partial charge in [-0.15, -0.1) is 12.4 Å². The van der Waals surface area contributed by atoms with Gasteiger partial charge in [-0.25, -0.2) is 9.78 Å². The van der Waals surface area contributed by atoms with Crippen molar-refractivity contribution in [2.24, 2.45) is 0 Å². The van der Waals surface area contributed by atoms with E-state index in [4.69, 9.17) is 0 Å². The van der Waals surface area contributed by atoms with E-state index < -0.39 is 22.8 Å². The smallest absolute Gasteiger partial charge is 0.345 e. The average molecular weight is 354 g/mol. The van der Waals surface area contributed by atoms with E-state index in [-0.39, 0.29) is 18.3 Å². The van der Waals surface area contributed by atoms with Gasteiger partial charge in [-0.3, -0.25) is 4.79 Å². The molecule has 0 bridgehead atoms. The predicted octanol–water partition coefficient (Wildman–Crippen LogP) is 2.44. The van der Waals surface area contributed by atoms with E-state index in [9.17, 15) is 19.8 Å². The fraction of sp³-hybridized carbons (Fsp3) is 0.438. The van der Waals surface area contributed by atoms with Crippen LogP contribution in [0.1, 0.15) is 53.6 Å². The number of aromatic hydroxyl groups is 1. The Morgan fingerprint density at radius 1 is 1.46 bits per heavy atom. The number of hydrogen-bond donors (Lipinski definition) is 3. The van der Waals surface area contributed by atoms with Crippen LogP contribution in [-0.4, -0.2) is 30.7 Å². The number of hydrogen-bond acceptors (Lipinski definition) is 4. The molecule has 0 fully saturated rings. The lowest BCUT2D eigenvalue weighted by Gasteiger charge is -2.15. The van der Waals surface area contributed by atoms with Gasteiger partial charge in [-0.2, -0.15) is 0 Å². The zero-order chi connectivity index (χ0) is 16.9. The summed E-state index contributed by atoms with van der Waals surface area (Å²) in [6.45, 7) is 6.60. The van der Waals surface area contributed by atoms with Crippen molar-refractivity contribution < 1.29 is 15.0 Å². The third-order valence-corrected chi connectivity index (χ3v) is 4.56. The lowest BCUT2D eigenvalue weighted by molar-refractivity contribution is 0.0691. The van der Waals surface area contributed by atoms with E-state index >= 15 is 0 Å². The van der Waals surface area contributed by atoms with Crippen LogP contribution >= 0.6 is 12.4 Å². The summed E-state index contributed by atoms with van der Waals surface area (Å²) >= 11 is 0. The van der Waals surface area contributed by atoms with Crippen molar-refractivity contribution in [1.29, 1.82) is 0 Å². The Hall–Kier alpha value is -2.28. The van der Waals surface area contributed by atoms with Gasteiger partial charge in [0.05, 0.1) is 5.69 Å². The monoisotopic (exact) mass is 353 g/mol. The number of aromatic nitrogens is 3. The number of fused-ring (bicyclic) bond motifs is 3. The Morgan fingerprint density at radius 2 is 2.12 bits per heavy atom. The summed E-state index contributed by atoms with van der Waals surface area (Å²) in [6.07, 6.45) is 1.49. The molecule has 1 aliphatic rings. The maximum Gasteiger partial charge on any atom is 0.345 e. The van der Waals surface area contributed by atoms with Crippen LogP contribution in [0.15, 0.2) is 4.79 Å². The van der Waals surface area contributed by atoms with Gasteiger partial charge in [0.1, 0.15) is 17.3 Å². The molecule has 0 saturated carbocycles. The average Bonchev–Trinajstić information content (AvgIpc) is 2.72. The quantitative estimate of drug-likeness (QED) is 0.768. The number of halogens is 1. The number of pyridine rings is 1. The highest BCUT2D eigenvalue weighted by molar-refractivity contribution is 5.92. The Labute approximate surface area is 144 Å². The SMILES string of the molecule is CCn1c(C)nc2c1CCC(C)c1c-2[nH]c(=O)c(C(=O)O)c1O.Cl. The lowest BCUT2D eigenvalue weighted by atomic mass is 9.94. The van der Waals surface area contributed by atoms with Crippen molar-refractivity contribution in [2.75, 3.05) is 0 Å². The van der Waals surface area contributed by atoms with E-state index in [0.717, 1.165) is 30.9 Å². The molecule has 1 aliphatic carbocycles. The molecule has 3 rings (SSSR count). The van der Waals surface area contributed by atoms with Gasteiger partial charge in [-0.05, 0) is 32.6 Å². The lowest BCUT2D eigenvalue weighted by Crippen LogP contribution is -2.20. The summed E-state index contributed by atoms with van der Waals surface area (Å²) in [4.78, 5) is 30.6. The van der Waals surface area contributed by atoms with Crippen molar-refractivity contribution in [2.45, 2.75) is 46.1 Å². The number of carbonyl (C=O) groups is 1. The van der Waals surface area contributed by atoms with Crippen LogP contribution in [0.4, 0.5) is 0 Å². The molecule has 2 aromatic rings. The largest absolute Gasteiger partial charge is 0.506 e. The molecule has 1 unspecified atom stereocenters. The number of imidazole rings is 1. The summed E-state index contributed by atoms with van der Waals surface area (Å²) in [5.74, 6) is -1.13. The second kappa shape index (κ2) is 6.32. The molecule has 2 heterocycles. The van der Waals surface area contributed by atoms with Crippen LogP contribution in [0.5, 0.6) is 5.75 Å². The first-order chi connectivity index (χ1) is 10.9. The zero-order valence-corrected chi connectivity index (χ0v) is 14.5. The molecule has 3 N–H and O–H groups in total. The number of aromatic amines is 1. The maximum absolute atomic E-state index is 12.1. The second-order valence-corrected chi connectivity index (χ2v) is 5.91. The summed E-state index contributed by atoms with van der Waals surface area (Å²) in [5, 5.41) is 19.6. The Balaban J connectivity index is 0.00000208. The molecule has 0 amide bonds. The first kappa shape index (κ1) is 18.1. The molecule has 0 radical (unpaired) electrons. The normalized spacial score (nSPS) is 15.9. The molecular formula is C16H20ClN3O4. The number of aryl methyl sites for hydroxylation is 1. The fourth-order valence-corrected chi connectivity index (χ4v) is 3.45. The third-order valence-electron chi connectivity index (χ3n) is 4.56. The topological polar surface area (TPSA) is 108 Å². The third kappa shape index (κ3) is 2.49. The molecule has 2 aromatic heterocycles. The van der Waals surface area contributed by atoms with E-state index in [0.29, 0.717) is 17.0 Å². The predicted molar refractivity (Wildman–Crippen MR) is 91.3 cm³/mol. The summed E-state index contributed by atoms with van der Waals surface area (Å²) in [6, 6.07) is 0. The standard InChI is InChI=1S/C16H19N3O4.ClH/c1-4-19-8(3)17-12-9(19)6-5-7(2)10-13(12)18-15(21)11(14(10)20)16(22)23;/h7H,4-6H2,1-3H3,(H,22,23)(H2,18,20,21);1H. The number of nitrogens with zero attached hydrogens (tertiary/aromatic N) is 2. The Bertz CT molecular complexity index is 869. The number of carboxylic acid groups (broad SMARTS) is 1. The first-order valence-electron chi connectivity index (χ1n) is 7.65. The highest BCUT2D eigenvalue weighted by Crippen LogP contribution is 2.41. The van der Waals surface area contributed by atoms with Crippen LogP contribution in [0.3, 0.4) is 0 Å². The van der Waals surface area contributed by atoms with Gasteiger partial charge in [0.25, 0.3) is 5.56 Å². The van der Waals surface area contributed by atoms with Crippen molar-refractivity contribution in [1.82, 2.24) is 14.5 Å². The van der Waals surface area contributed by atoms with Gasteiger partial charge in [-0.1, -0.05) is 6.92 Å². The second-order valence-electron chi connectivity index (χ2n) is 5.91.